The van der Waals surface area contributed by atoms with Gasteiger partial charge >= 0.3 is 0 Å². The number of nitrogens with zero attached hydrogens (tertiary/aromatic N) is 2. The zero-order valence-electron chi connectivity index (χ0n) is 10.4. The highest BCUT2D eigenvalue weighted by Crippen LogP contribution is 2.11. The van der Waals surface area contributed by atoms with Crippen LogP contribution in [-0.4, -0.2) is 28.7 Å². The highest BCUT2D eigenvalue weighted by Gasteiger charge is 2.17. The maximum Gasteiger partial charge on any atom is 0.251 e. The number of hydrogen-bond donors (Lipinski definition) is 0. The number of aromatic nitrogens is 1. The Morgan fingerprint density at radius 2 is 1.84 bits per heavy atom. The standard InChI is InChI=1S/C14H13BrN2O2/c1-16(13(18)10-15)17-9-5-8-12(17)14(19)11-6-3-2-4-7-11/h2-9H,10H2,1H3. The van der Waals surface area contributed by atoms with Gasteiger partial charge in [0.2, 0.25) is 5.78 Å². The second kappa shape index (κ2) is 5.84. The van der Waals surface area contributed by atoms with Gasteiger partial charge in [-0.1, -0.05) is 46.3 Å². The van der Waals surface area contributed by atoms with Crippen LogP contribution in [-0.2, 0) is 4.79 Å². The van der Waals surface area contributed by atoms with Crippen LogP contribution in [0.15, 0.2) is 48.7 Å². The molecule has 2 aromatic rings. The SMILES string of the molecule is CN(C(=O)CBr)n1cccc1C(=O)c1ccccc1. The Balaban J connectivity index is 2.35. The van der Waals surface area contributed by atoms with Crippen molar-refractivity contribution in [3.05, 3.63) is 59.9 Å². The summed E-state index contributed by atoms with van der Waals surface area (Å²) in [7, 11) is 1.63. The molecule has 98 valence electrons. The first-order valence-corrected chi connectivity index (χ1v) is 6.87. The average molecular weight is 321 g/mol. The topological polar surface area (TPSA) is 42.3 Å². The summed E-state index contributed by atoms with van der Waals surface area (Å²) in [6, 6.07) is 12.4. The van der Waals surface area contributed by atoms with Crippen molar-refractivity contribution in [2.24, 2.45) is 0 Å². The van der Waals surface area contributed by atoms with E-state index in [1.807, 2.05) is 18.2 Å². The van der Waals surface area contributed by atoms with Gasteiger partial charge in [-0.3, -0.25) is 19.3 Å². The summed E-state index contributed by atoms with van der Waals surface area (Å²) in [5.41, 5.74) is 1.06. The van der Waals surface area contributed by atoms with Crippen molar-refractivity contribution >= 4 is 27.6 Å². The summed E-state index contributed by atoms with van der Waals surface area (Å²) < 4.78 is 1.55. The molecular formula is C14H13BrN2O2. The van der Waals surface area contributed by atoms with E-state index in [4.69, 9.17) is 0 Å². The highest BCUT2D eigenvalue weighted by molar-refractivity contribution is 9.09. The van der Waals surface area contributed by atoms with Crippen LogP contribution in [0.2, 0.25) is 0 Å². The molecule has 4 nitrogen and oxygen atoms in total. The molecule has 1 aromatic carbocycles. The number of carbonyl (C=O) groups is 2. The van der Waals surface area contributed by atoms with Gasteiger partial charge in [-0.05, 0) is 12.1 Å². The number of halogens is 1. The molecule has 0 fully saturated rings. The minimum Gasteiger partial charge on any atom is -0.287 e. The monoisotopic (exact) mass is 320 g/mol. The molecule has 0 atom stereocenters. The van der Waals surface area contributed by atoms with Gasteiger partial charge < -0.3 is 0 Å². The van der Waals surface area contributed by atoms with E-state index >= 15 is 0 Å². The van der Waals surface area contributed by atoms with Crippen molar-refractivity contribution in [3.63, 3.8) is 0 Å². The first-order chi connectivity index (χ1) is 9.15. The van der Waals surface area contributed by atoms with E-state index in [0.29, 0.717) is 11.3 Å². The Labute approximate surface area is 119 Å². The van der Waals surface area contributed by atoms with E-state index in [9.17, 15) is 9.59 Å². The third-order valence-electron chi connectivity index (χ3n) is 2.80. The van der Waals surface area contributed by atoms with Crippen molar-refractivity contribution in [1.82, 2.24) is 4.68 Å². The van der Waals surface area contributed by atoms with Gasteiger partial charge in [-0.2, -0.15) is 0 Å². The zero-order valence-corrected chi connectivity index (χ0v) is 12.0. The summed E-state index contributed by atoms with van der Waals surface area (Å²) in [5, 5.41) is 1.62. The fraction of sp³-hybridized carbons (Fsp3) is 0.143. The fourth-order valence-electron chi connectivity index (χ4n) is 1.76. The summed E-state index contributed by atoms with van der Waals surface area (Å²) in [6.07, 6.45) is 1.69. The van der Waals surface area contributed by atoms with E-state index in [0.717, 1.165) is 0 Å². The Kier molecular flexibility index (Phi) is 4.16. The lowest BCUT2D eigenvalue weighted by Crippen LogP contribution is -2.38. The van der Waals surface area contributed by atoms with Crippen LogP contribution in [0.4, 0.5) is 0 Å². The molecule has 0 aliphatic carbocycles. The normalized spacial score (nSPS) is 10.2. The predicted molar refractivity (Wildman–Crippen MR) is 77.2 cm³/mol. The molecule has 0 saturated carbocycles. The molecule has 0 unspecified atom stereocenters. The Morgan fingerprint density at radius 3 is 2.47 bits per heavy atom. The molecule has 0 spiro atoms. The molecular weight excluding hydrogens is 308 g/mol. The van der Waals surface area contributed by atoms with Crippen LogP contribution < -0.4 is 5.01 Å². The lowest BCUT2D eigenvalue weighted by molar-refractivity contribution is -0.117. The molecule has 0 N–H and O–H groups in total. The van der Waals surface area contributed by atoms with Crippen LogP contribution in [0.3, 0.4) is 0 Å². The number of alkyl halides is 1. The summed E-state index contributed by atoms with van der Waals surface area (Å²) in [5.74, 6) is -0.238. The molecule has 1 heterocycles. The second-order valence-corrected chi connectivity index (χ2v) is 4.54. The summed E-state index contributed by atoms with van der Waals surface area (Å²) in [4.78, 5) is 24.0. The van der Waals surface area contributed by atoms with Gasteiger partial charge in [0.15, 0.2) is 0 Å². The van der Waals surface area contributed by atoms with Crippen molar-refractivity contribution in [3.8, 4) is 0 Å². The molecule has 0 aliphatic heterocycles. The molecule has 0 bridgehead atoms. The fourth-order valence-corrected chi connectivity index (χ4v) is 2.12. The number of hydrogen-bond acceptors (Lipinski definition) is 2. The number of amides is 1. The van der Waals surface area contributed by atoms with Crippen molar-refractivity contribution in [2.75, 3.05) is 17.4 Å². The van der Waals surface area contributed by atoms with Crippen molar-refractivity contribution in [2.45, 2.75) is 0 Å². The second-order valence-electron chi connectivity index (χ2n) is 3.98. The zero-order chi connectivity index (χ0) is 13.8. The van der Waals surface area contributed by atoms with Gasteiger partial charge in [0.05, 0.1) is 5.33 Å². The number of carbonyl (C=O) groups excluding carboxylic acids is 2. The van der Waals surface area contributed by atoms with E-state index < -0.39 is 0 Å². The predicted octanol–water partition coefficient (Wildman–Crippen LogP) is 2.21. The minimum absolute atomic E-state index is 0.111. The van der Waals surface area contributed by atoms with Crippen LogP contribution in [0, 0.1) is 0 Å². The van der Waals surface area contributed by atoms with Gasteiger partial charge in [-0.25, -0.2) is 0 Å². The third kappa shape index (κ3) is 2.76. The first kappa shape index (κ1) is 13.5. The van der Waals surface area contributed by atoms with Crippen molar-refractivity contribution < 1.29 is 9.59 Å². The first-order valence-electron chi connectivity index (χ1n) is 5.75. The van der Waals surface area contributed by atoms with Gasteiger partial charge in [0.1, 0.15) is 5.69 Å². The van der Waals surface area contributed by atoms with Gasteiger partial charge in [0, 0.05) is 18.8 Å². The Morgan fingerprint density at radius 1 is 1.16 bits per heavy atom. The minimum atomic E-state index is -0.127. The molecule has 5 heteroatoms. The van der Waals surface area contributed by atoms with Gasteiger partial charge in [-0.15, -0.1) is 0 Å². The largest absolute Gasteiger partial charge is 0.287 e. The number of rotatable bonds is 4. The van der Waals surface area contributed by atoms with Crippen LogP contribution in [0.5, 0.6) is 0 Å². The Bertz CT molecular complexity index is 593. The molecule has 1 amide bonds. The van der Waals surface area contributed by atoms with Crippen LogP contribution >= 0.6 is 15.9 Å². The van der Waals surface area contributed by atoms with E-state index in [-0.39, 0.29) is 17.0 Å². The summed E-state index contributed by atoms with van der Waals surface area (Å²) in [6.45, 7) is 0. The van der Waals surface area contributed by atoms with E-state index in [1.54, 1.807) is 42.2 Å². The maximum atomic E-state index is 12.4. The number of ketones is 1. The lowest BCUT2D eigenvalue weighted by Gasteiger charge is -2.20. The summed E-state index contributed by atoms with van der Waals surface area (Å²) >= 11 is 3.12. The maximum absolute atomic E-state index is 12.4. The van der Waals surface area contributed by atoms with E-state index in [1.165, 1.54) is 5.01 Å². The molecule has 0 radical (unpaired) electrons. The van der Waals surface area contributed by atoms with E-state index in [2.05, 4.69) is 15.9 Å². The smallest absolute Gasteiger partial charge is 0.251 e. The lowest BCUT2D eigenvalue weighted by atomic mass is 10.1. The highest BCUT2D eigenvalue weighted by atomic mass is 79.9. The molecule has 1 aromatic heterocycles. The Hall–Kier alpha value is -1.88. The van der Waals surface area contributed by atoms with Gasteiger partial charge in [0.25, 0.3) is 5.91 Å². The quantitative estimate of drug-likeness (QED) is 0.640. The molecule has 19 heavy (non-hydrogen) atoms. The molecule has 2 rings (SSSR count). The van der Waals surface area contributed by atoms with Crippen LogP contribution in [0.25, 0.3) is 0 Å². The molecule has 0 saturated heterocycles. The van der Waals surface area contributed by atoms with Crippen molar-refractivity contribution in [1.29, 1.82) is 0 Å². The average Bonchev–Trinajstić information content (AvgIpc) is 2.95. The third-order valence-corrected chi connectivity index (χ3v) is 3.27. The number of benzene rings is 1. The molecule has 0 aliphatic rings. The van der Waals surface area contributed by atoms with Crippen LogP contribution in [0.1, 0.15) is 16.1 Å².